The first-order valence-corrected chi connectivity index (χ1v) is 8.22. The van der Waals surface area contributed by atoms with E-state index in [0.717, 1.165) is 29.1 Å². The lowest BCUT2D eigenvalue weighted by Crippen LogP contribution is -2.15. The molecule has 3 nitrogen and oxygen atoms in total. The maximum Gasteiger partial charge on any atom is 0.161 e. The summed E-state index contributed by atoms with van der Waals surface area (Å²) in [7, 11) is 1.66. The Hall–Kier alpha value is -0.740. The van der Waals surface area contributed by atoms with E-state index in [9.17, 15) is 0 Å². The van der Waals surface area contributed by atoms with Crippen LogP contribution in [0.2, 0.25) is 0 Å². The fourth-order valence-electron chi connectivity index (χ4n) is 2.04. The fraction of sp³-hybridized carbons (Fsp3) is 0.625. The van der Waals surface area contributed by atoms with Crippen LogP contribution in [0.15, 0.2) is 16.6 Å². The molecule has 0 unspecified atom stereocenters. The number of nitrogens with one attached hydrogen (secondary N) is 1. The third-order valence-corrected chi connectivity index (χ3v) is 3.89. The molecule has 0 spiro atoms. The molecule has 20 heavy (non-hydrogen) atoms. The third kappa shape index (κ3) is 5.71. The van der Waals surface area contributed by atoms with Gasteiger partial charge in [0.1, 0.15) is 0 Å². The highest BCUT2D eigenvalue weighted by molar-refractivity contribution is 9.10. The number of rotatable bonds is 10. The van der Waals surface area contributed by atoms with E-state index in [1.165, 1.54) is 31.2 Å². The molecule has 0 atom stereocenters. The molecule has 0 amide bonds. The highest BCUT2D eigenvalue weighted by atomic mass is 79.9. The normalized spacial score (nSPS) is 10.6. The highest BCUT2D eigenvalue weighted by Crippen LogP contribution is 2.33. The summed E-state index contributed by atoms with van der Waals surface area (Å²) in [5.74, 6) is 1.58. The summed E-state index contributed by atoms with van der Waals surface area (Å²) in [6.45, 7) is 6.76. The van der Waals surface area contributed by atoms with Crippen molar-refractivity contribution in [2.24, 2.45) is 0 Å². The molecule has 0 saturated carbocycles. The van der Waals surface area contributed by atoms with Crippen molar-refractivity contribution in [2.75, 3.05) is 20.3 Å². The Morgan fingerprint density at radius 1 is 1.10 bits per heavy atom. The zero-order chi connectivity index (χ0) is 14.8. The van der Waals surface area contributed by atoms with E-state index < -0.39 is 0 Å². The highest BCUT2D eigenvalue weighted by Gasteiger charge is 2.09. The average Bonchev–Trinajstić information content (AvgIpc) is 2.45. The summed E-state index contributed by atoms with van der Waals surface area (Å²) in [6.07, 6.45) is 5.14. The Morgan fingerprint density at radius 3 is 2.55 bits per heavy atom. The molecular weight excluding hydrogens is 318 g/mol. The second-order valence-corrected chi connectivity index (χ2v) is 5.62. The molecule has 1 N–H and O–H groups in total. The van der Waals surface area contributed by atoms with E-state index in [-0.39, 0.29) is 0 Å². The van der Waals surface area contributed by atoms with Crippen LogP contribution >= 0.6 is 15.9 Å². The van der Waals surface area contributed by atoms with Gasteiger partial charge in [-0.3, -0.25) is 0 Å². The number of halogens is 1. The number of methoxy groups -OCH3 is 1. The number of hydrogen-bond acceptors (Lipinski definition) is 3. The zero-order valence-corrected chi connectivity index (χ0v) is 14.4. The van der Waals surface area contributed by atoms with Gasteiger partial charge < -0.3 is 14.8 Å². The van der Waals surface area contributed by atoms with Crippen molar-refractivity contribution in [3.05, 3.63) is 22.2 Å². The topological polar surface area (TPSA) is 30.5 Å². The Bertz CT molecular complexity index is 396. The molecule has 0 aromatic heterocycles. The van der Waals surface area contributed by atoms with Crippen molar-refractivity contribution < 1.29 is 9.47 Å². The summed E-state index contributed by atoms with van der Waals surface area (Å²) in [5, 5.41) is 3.48. The van der Waals surface area contributed by atoms with Gasteiger partial charge in [-0.05, 0) is 37.6 Å². The van der Waals surface area contributed by atoms with Crippen molar-refractivity contribution >= 4 is 15.9 Å². The molecule has 0 radical (unpaired) electrons. The predicted molar refractivity (Wildman–Crippen MR) is 87.7 cm³/mol. The molecule has 1 aromatic rings. The van der Waals surface area contributed by atoms with E-state index in [2.05, 4.69) is 28.2 Å². The van der Waals surface area contributed by atoms with Gasteiger partial charge in [0.25, 0.3) is 0 Å². The lowest BCUT2D eigenvalue weighted by molar-refractivity contribution is 0.310. The summed E-state index contributed by atoms with van der Waals surface area (Å²) in [4.78, 5) is 0. The SMILES string of the molecule is CCCCCCNCc1cc(OCC)c(OC)cc1Br. The molecule has 0 saturated heterocycles. The lowest BCUT2D eigenvalue weighted by atomic mass is 10.2. The van der Waals surface area contributed by atoms with Crippen LogP contribution < -0.4 is 14.8 Å². The number of ether oxygens (including phenoxy) is 2. The largest absolute Gasteiger partial charge is 0.493 e. The molecule has 0 fully saturated rings. The molecule has 1 rings (SSSR count). The fourth-order valence-corrected chi connectivity index (χ4v) is 2.50. The maximum atomic E-state index is 5.61. The molecule has 0 heterocycles. The summed E-state index contributed by atoms with van der Waals surface area (Å²) >= 11 is 3.59. The van der Waals surface area contributed by atoms with Gasteiger partial charge in [0.05, 0.1) is 13.7 Å². The van der Waals surface area contributed by atoms with E-state index in [0.29, 0.717) is 6.61 Å². The predicted octanol–water partition coefficient (Wildman–Crippen LogP) is 4.53. The molecule has 1 aromatic carbocycles. The van der Waals surface area contributed by atoms with Gasteiger partial charge >= 0.3 is 0 Å². The minimum atomic E-state index is 0.641. The number of benzene rings is 1. The van der Waals surface area contributed by atoms with Crippen molar-refractivity contribution in [2.45, 2.75) is 46.1 Å². The second-order valence-electron chi connectivity index (χ2n) is 4.76. The molecule has 0 aliphatic rings. The minimum absolute atomic E-state index is 0.641. The van der Waals surface area contributed by atoms with Crippen LogP contribution in [0.25, 0.3) is 0 Å². The maximum absolute atomic E-state index is 5.61. The van der Waals surface area contributed by atoms with Gasteiger partial charge in [-0.15, -0.1) is 0 Å². The van der Waals surface area contributed by atoms with Gasteiger partial charge in [-0.25, -0.2) is 0 Å². The molecule has 0 aliphatic heterocycles. The van der Waals surface area contributed by atoms with Crippen LogP contribution in [-0.4, -0.2) is 20.3 Å². The molecule has 0 aliphatic carbocycles. The third-order valence-electron chi connectivity index (χ3n) is 3.16. The second kappa shape index (κ2) is 10.1. The van der Waals surface area contributed by atoms with Crippen molar-refractivity contribution in [1.82, 2.24) is 5.32 Å². The van der Waals surface area contributed by atoms with Gasteiger partial charge in [0, 0.05) is 11.0 Å². The van der Waals surface area contributed by atoms with Gasteiger partial charge in [-0.1, -0.05) is 42.1 Å². The molecular formula is C16H26BrNO2. The Labute approximate surface area is 131 Å². The van der Waals surface area contributed by atoms with Crippen LogP contribution in [0.4, 0.5) is 0 Å². The first-order chi connectivity index (χ1) is 9.72. The van der Waals surface area contributed by atoms with Crippen molar-refractivity contribution in [1.29, 1.82) is 0 Å². The van der Waals surface area contributed by atoms with E-state index in [1.807, 2.05) is 19.1 Å². The van der Waals surface area contributed by atoms with Crippen LogP contribution in [0, 0.1) is 0 Å². The molecule has 4 heteroatoms. The van der Waals surface area contributed by atoms with Gasteiger partial charge in [-0.2, -0.15) is 0 Å². The standard InChI is InChI=1S/C16H26BrNO2/c1-4-6-7-8-9-18-12-13-10-16(20-5-2)15(19-3)11-14(13)17/h10-11,18H,4-9,12H2,1-3H3. The molecule has 0 bridgehead atoms. The average molecular weight is 344 g/mol. The molecule has 114 valence electrons. The Kier molecular flexibility index (Phi) is 8.70. The monoisotopic (exact) mass is 343 g/mol. The van der Waals surface area contributed by atoms with Gasteiger partial charge in [0.15, 0.2) is 11.5 Å². The summed E-state index contributed by atoms with van der Waals surface area (Å²) < 4.78 is 12.0. The van der Waals surface area contributed by atoms with Crippen LogP contribution in [-0.2, 0) is 6.54 Å². The first-order valence-electron chi connectivity index (χ1n) is 7.42. The number of hydrogen-bond donors (Lipinski definition) is 1. The van der Waals surface area contributed by atoms with Crippen molar-refractivity contribution in [3.63, 3.8) is 0 Å². The Balaban J connectivity index is 2.54. The summed E-state index contributed by atoms with van der Waals surface area (Å²) in [5.41, 5.74) is 1.20. The lowest BCUT2D eigenvalue weighted by Gasteiger charge is -2.13. The van der Waals surface area contributed by atoms with Crippen LogP contribution in [0.5, 0.6) is 11.5 Å². The van der Waals surface area contributed by atoms with E-state index >= 15 is 0 Å². The number of unbranched alkanes of at least 4 members (excludes halogenated alkanes) is 3. The summed E-state index contributed by atoms with van der Waals surface area (Å²) in [6, 6.07) is 4.02. The quantitative estimate of drug-likeness (QED) is 0.633. The van der Waals surface area contributed by atoms with E-state index in [4.69, 9.17) is 9.47 Å². The minimum Gasteiger partial charge on any atom is -0.493 e. The van der Waals surface area contributed by atoms with Gasteiger partial charge in [0.2, 0.25) is 0 Å². The smallest absolute Gasteiger partial charge is 0.161 e. The van der Waals surface area contributed by atoms with E-state index in [1.54, 1.807) is 7.11 Å². The first kappa shape index (κ1) is 17.3. The van der Waals surface area contributed by atoms with Crippen molar-refractivity contribution in [3.8, 4) is 11.5 Å². The van der Waals surface area contributed by atoms with Crippen LogP contribution in [0.3, 0.4) is 0 Å². The Morgan fingerprint density at radius 2 is 1.90 bits per heavy atom. The van der Waals surface area contributed by atoms with Crippen LogP contribution in [0.1, 0.15) is 45.1 Å². The zero-order valence-electron chi connectivity index (χ0n) is 12.8.